The Hall–Kier alpha value is -0.970. The summed E-state index contributed by atoms with van der Waals surface area (Å²) in [7, 11) is -13.1. The lowest BCUT2D eigenvalue weighted by molar-refractivity contribution is 0.450. The number of hydrogen-bond donors (Lipinski definition) is 0. The Morgan fingerprint density at radius 1 is 0.950 bits per heavy atom. The molecular formula is C10H11O7S3-. The molecule has 1 heterocycles. The lowest BCUT2D eigenvalue weighted by Crippen LogP contribution is -2.38. The summed E-state index contributed by atoms with van der Waals surface area (Å²) in [5, 5.41) is -3.71. The van der Waals surface area contributed by atoms with Crippen LogP contribution in [0.25, 0.3) is 0 Å². The third-order valence-electron chi connectivity index (χ3n) is 3.09. The molecule has 1 aliphatic rings. The van der Waals surface area contributed by atoms with E-state index in [-0.39, 0.29) is 4.90 Å². The molecule has 2 rings (SSSR count). The molecule has 0 aliphatic carbocycles. The van der Waals surface area contributed by atoms with Crippen LogP contribution in [0.3, 0.4) is 0 Å². The summed E-state index contributed by atoms with van der Waals surface area (Å²) in [5.41, 5.74) is 0. The summed E-state index contributed by atoms with van der Waals surface area (Å²) in [4.78, 5) is -0.198. The molecule has 10 heteroatoms. The standard InChI is InChI=1S/C10H12O7S3/c11-18(12)6-9(10(7-18)20(15,16)17)19(13,14)8-4-2-1-3-5-8/h1-5,9-10H,6-7H2,(H,15,16,17)/p-1/t9-,10+/m1/s1. The van der Waals surface area contributed by atoms with Crippen LogP contribution in [0.2, 0.25) is 0 Å². The number of benzene rings is 1. The van der Waals surface area contributed by atoms with Gasteiger partial charge in [0.15, 0.2) is 19.7 Å². The monoisotopic (exact) mass is 339 g/mol. The van der Waals surface area contributed by atoms with E-state index in [9.17, 15) is 29.8 Å². The van der Waals surface area contributed by atoms with Crippen molar-refractivity contribution in [2.75, 3.05) is 11.5 Å². The zero-order valence-electron chi connectivity index (χ0n) is 10.0. The van der Waals surface area contributed by atoms with Crippen molar-refractivity contribution in [3.8, 4) is 0 Å². The average molecular weight is 339 g/mol. The summed E-state index contributed by atoms with van der Waals surface area (Å²) >= 11 is 0. The van der Waals surface area contributed by atoms with E-state index >= 15 is 0 Å². The fourth-order valence-electron chi connectivity index (χ4n) is 2.13. The first-order valence-corrected chi connectivity index (χ1v) is 10.3. The van der Waals surface area contributed by atoms with Gasteiger partial charge in [-0.1, -0.05) is 18.2 Å². The Morgan fingerprint density at radius 2 is 1.45 bits per heavy atom. The van der Waals surface area contributed by atoms with Crippen molar-refractivity contribution in [3.05, 3.63) is 30.3 Å². The van der Waals surface area contributed by atoms with Crippen LogP contribution in [0.1, 0.15) is 0 Å². The van der Waals surface area contributed by atoms with Crippen molar-refractivity contribution in [2.45, 2.75) is 15.4 Å². The van der Waals surface area contributed by atoms with Crippen molar-refractivity contribution >= 4 is 29.8 Å². The van der Waals surface area contributed by atoms with Crippen LogP contribution < -0.4 is 0 Å². The van der Waals surface area contributed by atoms with Crippen LogP contribution in [0.15, 0.2) is 35.2 Å². The van der Waals surface area contributed by atoms with Gasteiger partial charge in [0.1, 0.15) is 0 Å². The Kier molecular flexibility index (Phi) is 3.70. The van der Waals surface area contributed by atoms with Crippen LogP contribution in [-0.4, -0.2) is 51.8 Å². The van der Waals surface area contributed by atoms with Crippen molar-refractivity contribution in [3.63, 3.8) is 0 Å². The summed E-state index contributed by atoms with van der Waals surface area (Å²) in [6.45, 7) is 0. The zero-order valence-corrected chi connectivity index (χ0v) is 12.5. The fourth-order valence-corrected chi connectivity index (χ4v) is 9.30. The minimum absolute atomic E-state index is 0.198. The number of rotatable bonds is 3. The topological polar surface area (TPSA) is 125 Å². The maximum atomic E-state index is 12.3. The highest BCUT2D eigenvalue weighted by Crippen LogP contribution is 2.29. The van der Waals surface area contributed by atoms with Crippen LogP contribution in [0.4, 0.5) is 0 Å². The molecule has 1 saturated heterocycles. The second-order valence-electron chi connectivity index (χ2n) is 4.50. The smallest absolute Gasteiger partial charge is 0.183 e. The largest absolute Gasteiger partial charge is 0.748 e. The third kappa shape index (κ3) is 2.87. The minimum atomic E-state index is -5.02. The van der Waals surface area contributed by atoms with Gasteiger partial charge in [-0.3, -0.25) is 0 Å². The van der Waals surface area contributed by atoms with E-state index in [0.29, 0.717) is 0 Å². The first kappa shape index (κ1) is 15.4. The average Bonchev–Trinajstić information content (AvgIpc) is 2.67. The van der Waals surface area contributed by atoms with E-state index in [4.69, 9.17) is 0 Å². The molecule has 0 unspecified atom stereocenters. The molecule has 0 saturated carbocycles. The zero-order chi connectivity index (χ0) is 15.2. The predicted octanol–water partition coefficient (Wildman–Crippen LogP) is -0.829. The molecule has 112 valence electrons. The normalized spacial score (nSPS) is 26.4. The van der Waals surface area contributed by atoms with Crippen LogP contribution >= 0.6 is 0 Å². The van der Waals surface area contributed by atoms with Gasteiger partial charge in [-0.05, 0) is 12.1 Å². The third-order valence-corrected chi connectivity index (χ3v) is 8.88. The molecule has 1 fully saturated rings. The van der Waals surface area contributed by atoms with E-state index in [1.54, 1.807) is 6.07 Å². The summed E-state index contributed by atoms with van der Waals surface area (Å²) in [6, 6.07) is 6.88. The predicted molar refractivity (Wildman–Crippen MR) is 69.6 cm³/mol. The van der Waals surface area contributed by atoms with E-state index in [0.717, 1.165) is 0 Å². The Labute approximate surface area is 117 Å². The molecule has 0 aromatic heterocycles. The molecule has 0 radical (unpaired) electrons. The van der Waals surface area contributed by atoms with Crippen molar-refractivity contribution in [2.24, 2.45) is 0 Å². The Balaban J connectivity index is 2.56. The summed E-state index contributed by atoms with van der Waals surface area (Å²) in [5.74, 6) is -1.80. The van der Waals surface area contributed by atoms with Crippen molar-refractivity contribution in [1.82, 2.24) is 0 Å². The molecule has 20 heavy (non-hydrogen) atoms. The van der Waals surface area contributed by atoms with Crippen molar-refractivity contribution in [1.29, 1.82) is 0 Å². The molecule has 0 spiro atoms. The van der Waals surface area contributed by atoms with Gasteiger partial charge in [-0.25, -0.2) is 25.3 Å². The minimum Gasteiger partial charge on any atom is -0.748 e. The first-order valence-electron chi connectivity index (χ1n) is 5.48. The molecule has 0 amide bonds. The highest BCUT2D eigenvalue weighted by Gasteiger charge is 2.48. The Morgan fingerprint density at radius 3 is 1.95 bits per heavy atom. The second-order valence-corrected chi connectivity index (χ2v) is 10.4. The van der Waals surface area contributed by atoms with Gasteiger partial charge in [0.05, 0.1) is 37.0 Å². The molecule has 1 aliphatic heterocycles. The van der Waals surface area contributed by atoms with E-state index < -0.39 is 51.8 Å². The summed E-state index contributed by atoms with van der Waals surface area (Å²) in [6.07, 6.45) is 0. The molecule has 0 N–H and O–H groups in total. The van der Waals surface area contributed by atoms with Gasteiger partial charge >= 0.3 is 0 Å². The first-order chi connectivity index (χ1) is 9.04. The molecule has 0 bridgehead atoms. The summed E-state index contributed by atoms with van der Waals surface area (Å²) < 4.78 is 81.0. The van der Waals surface area contributed by atoms with Gasteiger partial charge in [0.25, 0.3) is 0 Å². The number of sulfone groups is 2. The van der Waals surface area contributed by atoms with Gasteiger partial charge < -0.3 is 4.55 Å². The van der Waals surface area contributed by atoms with E-state index in [1.165, 1.54) is 24.3 Å². The highest BCUT2D eigenvalue weighted by molar-refractivity contribution is 7.99. The van der Waals surface area contributed by atoms with Crippen LogP contribution in [0, 0.1) is 0 Å². The maximum Gasteiger partial charge on any atom is 0.183 e. The Bertz CT molecular complexity index is 807. The quantitative estimate of drug-likeness (QED) is 0.658. The molecule has 1 aromatic carbocycles. The maximum absolute atomic E-state index is 12.3. The SMILES string of the molecule is O=S1(=O)C[C@@H](S(=O)(=O)c2ccccc2)[C@@H](S(=O)(=O)[O-])C1. The van der Waals surface area contributed by atoms with Gasteiger partial charge in [-0.2, -0.15) is 0 Å². The lowest BCUT2D eigenvalue weighted by atomic mass is 10.4. The molecular weight excluding hydrogens is 328 g/mol. The molecule has 7 nitrogen and oxygen atoms in total. The number of hydrogen-bond acceptors (Lipinski definition) is 7. The fraction of sp³-hybridized carbons (Fsp3) is 0.400. The van der Waals surface area contributed by atoms with Crippen molar-refractivity contribution < 1.29 is 29.8 Å². The van der Waals surface area contributed by atoms with Gasteiger partial charge in [0.2, 0.25) is 0 Å². The van der Waals surface area contributed by atoms with Crippen LogP contribution in [-0.2, 0) is 29.8 Å². The van der Waals surface area contributed by atoms with Gasteiger partial charge in [0, 0.05) is 0 Å². The molecule has 2 atom stereocenters. The van der Waals surface area contributed by atoms with Gasteiger partial charge in [-0.15, -0.1) is 0 Å². The van der Waals surface area contributed by atoms with E-state index in [2.05, 4.69) is 0 Å². The lowest BCUT2D eigenvalue weighted by Gasteiger charge is -2.21. The van der Waals surface area contributed by atoms with Crippen LogP contribution in [0.5, 0.6) is 0 Å². The van der Waals surface area contributed by atoms with E-state index in [1.807, 2.05) is 0 Å². The second kappa shape index (κ2) is 4.79. The highest BCUT2D eigenvalue weighted by atomic mass is 32.2. The molecule has 1 aromatic rings.